The number of rotatable bonds is 2. The average Bonchev–Trinajstić information content (AvgIpc) is 2.64. The maximum absolute atomic E-state index is 13.5. The summed E-state index contributed by atoms with van der Waals surface area (Å²) < 4.78 is 27.6. The summed E-state index contributed by atoms with van der Waals surface area (Å²) >= 11 is 0. The van der Waals surface area contributed by atoms with Gasteiger partial charge in [-0.3, -0.25) is 4.79 Å². The number of benzene rings is 1. The van der Waals surface area contributed by atoms with Gasteiger partial charge in [0.25, 0.3) is 0 Å². The van der Waals surface area contributed by atoms with Crippen molar-refractivity contribution < 1.29 is 13.6 Å². The van der Waals surface area contributed by atoms with Gasteiger partial charge in [-0.25, -0.2) is 13.5 Å². The second kappa shape index (κ2) is 4.04. The van der Waals surface area contributed by atoms with Gasteiger partial charge in [0.1, 0.15) is 17.3 Å². The van der Waals surface area contributed by atoms with Crippen molar-refractivity contribution in [2.24, 2.45) is 0 Å². The number of carbonyl (C=O) groups excluding carboxylic acids is 1. The van der Waals surface area contributed by atoms with E-state index < -0.39 is 11.6 Å². The highest BCUT2D eigenvalue weighted by molar-refractivity contribution is 5.93. The van der Waals surface area contributed by atoms with E-state index in [1.54, 1.807) is 6.92 Å². The van der Waals surface area contributed by atoms with Gasteiger partial charge in [-0.1, -0.05) is 5.21 Å². The van der Waals surface area contributed by atoms with E-state index in [0.29, 0.717) is 5.69 Å². The zero-order chi connectivity index (χ0) is 12.6. The molecule has 1 heterocycles. The molecule has 4 nitrogen and oxygen atoms in total. The number of aromatic nitrogens is 3. The smallest absolute Gasteiger partial charge is 0.181 e. The van der Waals surface area contributed by atoms with Gasteiger partial charge in [-0.05, 0) is 19.1 Å². The molecule has 0 unspecified atom stereocenters. The molecule has 0 atom stereocenters. The molecule has 0 radical (unpaired) electrons. The number of ketones is 1. The van der Waals surface area contributed by atoms with Crippen LogP contribution in [-0.4, -0.2) is 20.8 Å². The summed E-state index contributed by atoms with van der Waals surface area (Å²) in [4.78, 5) is 11.2. The highest BCUT2D eigenvalue weighted by Gasteiger charge is 2.16. The van der Waals surface area contributed by atoms with Crippen LogP contribution in [-0.2, 0) is 0 Å². The Morgan fingerprint density at radius 1 is 1.35 bits per heavy atom. The number of nitrogens with zero attached hydrogens (tertiary/aromatic N) is 3. The van der Waals surface area contributed by atoms with Gasteiger partial charge in [0.15, 0.2) is 11.5 Å². The third-order valence-corrected chi connectivity index (χ3v) is 2.36. The van der Waals surface area contributed by atoms with Crippen LogP contribution in [0.25, 0.3) is 5.69 Å². The van der Waals surface area contributed by atoms with E-state index in [2.05, 4.69) is 10.3 Å². The van der Waals surface area contributed by atoms with Gasteiger partial charge >= 0.3 is 0 Å². The summed E-state index contributed by atoms with van der Waals surface area (Å²) in [7, 11) is 0. The van der Waals surface area contributed by atoms with E-state index in [4.69, 9.17) is 0 Å². The molecule has 6 heteroatoms. The number of carbonyl (C=O) groups is 1. The maximum atomic E-state index is 13.5. The fourth-order valence-corrected chi connectivity index (χ4v) is 1.53. The molecule has 0 spiro atoms. The summed E-state index contributed by atoms with van der Waals surface area (Å²) in [5.74, 6) is -1.49. The van der Waals surface area contributed by atoms with Gasteiger partial charge in [0.05, 0.1) is 5.69 Å². The molecule has 0 N–H and O–H groups in total. The molecular weight excluding hydrogens is 228 g/mol. The van der Waals surface area contributed by atoms with Crippen molar-refractivity contribution in [3.8, 4) is 5.69 Å². The lowest BCUT2D eigenvalue weighted by Gasteiger charge is -2.04. The molecule has 0 aliphatic carbocycles. The van der Waals surface area contributed by atoms with Gasteiger partial charge in [0, 0.05) is 13.0 Å². The fourth-order valence-electron chi connectivity index (χ4n) is 1.53. The molecule has 0 bridgehead atoms. The largest absolute Gasteiger partial charge is 0.293 e. The second-order valence-electron chi connectivity index (χ2n) is 3.59. The first kappa shape index (κ1) is 11.4. The Morgan fingerprint density at radius 3 is 2.65 bits per heavy atom. The van der Waals surface area contributed by atoms with E-state index in [-0.39, 0.29) is 17.2 Å². The summed E-state index contributed by atoms with van der Waals surface area (Å²) in [5, 5.41) is 7.29. The van der Waals surface area contributed by atoms with Crippen molar-refractivity contribution in [1.29, 1.82) is 0 Å². The Bertz CT molecular complexity index is 592. The molecule has 1 aromatic carbocycles. The van der Waals surface area contributed by atoms with Crippen LogP contribution in [0, 0.1) is 18.6 Å². The quantitative estimate of drug-likeness (QED) is 0.751. The van der Waals surface area contributed by atoms with E-state index in [1.807, 2.05) is 0 Å². The van der Waals surface area contributed by atoms with Crippen LogP contribution in [0.15, 0.2) is 18.2 Å². The minimum Gasteiger partial charge on any atom is -0.293 e. The first-order valence-corrected chi connectivity index (χ1v) is 4.89. The zero-order valence-corrected chi connectivity index (χ0v) is 9.24. The van der Waals surface area contributed by atoms with Crippen LogP contribution in [0.1, 0.15) is 23.1 Å². The first-order valence-electron chi connectivity index (χ1n) is 4.89. The van der Waals surface area contributed by atoms with Crippen molar-refractivity contribution >= 4 is 5.78 Å². The molecular formula is C11H9F2N3O. The van der Waals surface area contributed by atoms with Crippen molar-refractivity contribution in [1.82, 2.24) is 15.0 Å². The molecule has 88 valence electrons. The Balaban J connectivity index is 2.61. The topological polar surface area (TPSA) is 47.8 Å². The Kier molecular flexibility index (Phi) is 2.71. The van der Waals surface area contributed by atoms with Gasteiger partial charge in [-0.2, -0.15) is 0 Å². The standard InChI is InChI=1S/C11H9F2N3O/c1-6-11(7(2)17)14-15-16(6)10-5-8(12)3-4-9(10)13/h3-5H,1-2H3. The summed E-state index contributed by atoms with van der Waals surface area (Å²) in [6.45, 7) is 2.91. The highest BCUT2D eigenvalue weighted by atomic mass is 19.1. The predicted molar refractivity (Wildman–Crippen MR) is 56.0 cm³/mol. The van der Waals surface area contributed by atoms with Gasteiger partial charge in [0.2, 0.25) is 0 Å². The second-order valence-corrected chi connectivity index (χ2v) is 3.59. The lowest BCUT2D eigenvalue weighted by molar-refractivity contribution is 0.101. The van der Waals surface area contributed by atoms with Crippen molar-refractivity contribution in [3.05, 3.63) is 41.2 Å². The molecule has 0 aliphatic heterocycles. The van der Waals surface area contributed by atoms with Crippen LogP contribution >= 0.6 is 0 Å². The lowest BCUT2D eigenvalue weighted by Crippen LogP contribution is -2.04. The minimum atomic E-state index is -0.630. The van der Waals surface area contributed by atoms with E-state index >= 15 is 0 Å². The fraction of sp³-hybridized carbons (Fsp3) is 0.182. The van der Waals surface area contributed by atoms with Crippen LogP contribution < -0.4 is 0 Å². The van der Waals surface area contributed by atoms with Crippen molar-refractivity contribution in [2.75, 3.05) is 0 Å². The van der Waals surface area contributed by atoms with Crippen LogP contribution in [0.4, 0.5) is 8.78 Å². The first-order chi connectivity index (χ1) is 8.00. The summed E-state index contributed by atoms with van der Waals surface area (Å²) in [5.41, 5.74) is 0.457. The lowest BCUT2D eigenvalue weighted by atomic mass is 10.2. The molecule has 1 aromatic heterocycles. The molecule has 0 fully saturated rings. The van der Waals surface area contributed by atoms with Gasteiger partial charge < -0.3 is 0 Å². The summed E-state index contributed by atoms with van der Waals surface area (Å²) in [6, 6.07) is 3.01. The van der Waals surface area contributed by atoms with Crippen LogP contribution in [0.5, 0.6) is 0 Å². The van der Waals surface area contributed by atoms with Crippen LogP contribution in [0.2, 0.25) is 0 Å². The van der Waals surface area contributed by atoms with E-state index in [9.17, 15) is 13.6 Å². The monoisotopic (exact) mass is 237 g/mol. The normalized spacial score (nSPS) is 10.6. The summed E-state index contributed by atoms with van der Waals surface area (Å²) in [6.07, 6.45) is 0. The Morgan fingerprint density at radius 2 is 2.06 bits per heavy atom. The molecule has 0 amide bonds. The number of Topliss-reactive ketones (excluding diaryl/α,β-unsaturated/α-hetero) is 1. The SMILES string of the molecule is CC(=O)c1nnn(-c2cc(F)ccc2F)c1C. The van der Waals surface area contributed by atoms with Crippen molar-refractivity contribution in [3.63, 3.8) is 0 Å². The molecule has 2 rings (SSSR count). The van der Waals surface area contributed by atoms with Crippen molar-refractivity contribution in [2.45, 2.75) is 13.8 Å². The molecule has 0 saturated heterocycles. The van der Waals surface area contributed by atoms with E-state index in [0.717, 1.165) is 22.9 Å². The third kappa shape index (κ3) is 1.93. The zero-order valence-electron chi connectivity index (χ0n) is 9.24. The Labute approximate surface area is 95.9 Å². The Hall–Kier alpha value is -2.11. The van der Waals surface area contributed by atoms with Gasteiger partial charge in [-0.15, -0.1) is 5.10 Å². The molecule has 0 saturated carbocycles. The molecule has 2 aromatic rings. The number of hydrogen-bond acceptors (Lipinski definition) is 3. The third-order valence-electron chi connectivity index (χ3n) is 2.36. The molecule has 0 aliphatic rings. The number of hydrogen-bond donors (Lipinski definition) is 0. The molecule has 17 heavy (non-hydrogen) atoms. The maximum Gasteiger partial charge on any atom is 0.181 e. The average molecular weight is 237 g/mol. The predicted octanol–water partition coefficient (Wildman–Crippen LogP) is 2.06. The van der Waals surface area contributed by atoms with Crippen LogP contribution in [0.3, 0.4) is 0 Å². The minimum absolute atomic E-state index is 0.0671. The highest BCUT2D eigenvalue weighted by Crippen LogP contribution is 2.17. The van der Waals surface area contributed by atoms with E-state index in [1.165, 1.54) is 6.92 Å². The number of halogens is 2.